The lowest BCUT2D eigenvalue weighted by molar-refractivity contribution is 0.0608. The Hall–Kier alpha value is -1.75. The Labute approximate surface area is 114 Å². The van der Waals surface area contributed by atoms with Crippen molar-refractivity contribution in [3.8, 4) is 0 Å². The number of urea groups is 1. The van der Waals surface area contributed by atoms with Crippen LogP contribution in [0.2, 0.25) is 0 Å². The molecular formula is C14H22N4O. The molecule has 0 aromatic heterocycles. The number of rotatable bonds is 1. The summed E-state index contributed by atoms with van der Waals surface area (Å²) in [6.07, 6.45) is 0. The first-order valence-electron chi connectivity index (χ1n) is 6.51. The number of nitrogen functional groups attached to an aromatic ring is 1. The Kier molecular flexibility index (Phi) is 3.66. The Morgan fingerprint density at radius 3 is 2.47 bits per heavy atom. The molecule has 1 saturated heterocycles. The van der Waals surface area contributed by atoms with Crippen molar-refractivity contribution >= 4 is 17.4 Å². The Balaban J connectivity index is 1.99. The third-order valence-corrected chi connectivity index (χ3v) is 3.77. The van der Waals surface area contributed by atoms with Gasteiger partial charge in [0, 0.05) is 36.5 Å². The van der Waals surface area contributed by atoms with Gasteiger partial charge in [0.05, 0.1) is 0 Å². The first kappa shape index (κ1) is 13.7. The van der Waals surface area contributed by atoms with Crippen LogP contribution >= 0.6 is 0 Å². The lowest BCUT2D eigenvalue weighted by Gasteiger charge is -2.45. The van der Waals surface area contributed by atoms with E-state index in [1.807, 2.05) is 17.0 Å². The fraction of sp³-hybridized carbons (Fsp3) is 0.500. The van der Waals surface area contributed by atoms with Crippen LogP contribution in [-0.2, 0) is 0 Å². The fourth-order valence-electron chi connectivity index (χ4n) is 2.18. The first-order valence-corrected chi connectivity index (χ1v) is 6.51. The summed E-state index contributed by atoms with van der Waals surface area (Å²) in [5, 5.41) is 2.90. The topological polar surface area (TPSA) is 61.6 Å². The normalized spacial score (nSPS) is 19.2. The SMILES string of the molecule is CN1CCN(C(=O)Nc2ccc(N)cc2)CC1(C)C. The van der Waals surface area contributed by atoms with Gasteiger partial charge >= 0.3 is 6.03 Å². The quantitative estimate of drug-likeness (QED) is 0.759. The van der Waals surface area contributed by atoms with Crippen LogP contribution in [0.3, 0.4) is 0 Å². The van der Waals surface area contributed by atoms with E-state index in [9.17, 15) is 4.79 Å². The minimum atomic E-state index is -0.0500. The molecule has 1 aromatic carbocycles. The van der Waals surface area contributed by atoms with Crippen LogP contribution in [0.25, 0.3) is 0 Å². The number of nitrogens with one attached hydrogen (secondary N) is 1. The highest BCUT2D eigenvalue weighted by Gasteiger charge is 2.33. The summed E-state index contributed by atoms with van der Waals surface area (Å²) in [4.78, 5) is 16.3. The maximum absolute atomic E-state index is 12.2. The highest BCUT2D eigenvalue weighted by Crippen LogP contribution is 2.20. The van der Waals surface area contributed by atoms with Crippen LogP contribution in [0.1, 0.15) is 13.8 Å². The number of hydrogen-bond acceptors (Lipinski definition) is 3. The van der Waals surface area contributed by atoms with Gasteiger partial charge in [0.25, 0.3) is 0 Å². The highest BCUT2D eigenvalue weighted by atomic mass is 16.2. The summed E-state index contributed by atoms with van der Waals surface area (Å²) < 4.78 is 0. The van der Waals surface area contributed by atoms with Gasteiger partial charge < -0.3 is 16.0 Å². The number of amides is 2. The van der Waals surface area contributed by atoms with Gasteiger partial charge in [0.15, 0.2) is 0 Å². The predicted octanol–water partition coefficient (Wildman–Crippen LogP) is 1.83. The van der Waals surface area contributed by atoms with Crippen LogP contribution in [0.4, 0.5) is 16.2 Å². The first-order chi connectivity index (χ1) is 8.88. The van der Waals surface area contributed by atoms with E-state index in [-0.39, 0.29) is 11.6 Å². The van der Waals surface area contributed by atoms with Gasteiger partial charge in [-0.1, -0.05) is 0 Å². The molecule has 1 aromatic rings. The molecule has 5 heteroatoms. The van der Waals surface area contributed by atoms with E-state index >= 15 is 0 Å². The molecule has 0 spiro atoms. The lowest BCUT2D eigenvalue weighted by atomic mass is 10.0. The van der Waals surface area contributed by atoms with Gasteiger partial charge in [-0.05, 0) is 45.2 Å². The molecule has 3 N–H and O–H groups in total. The second kappa shape index (κ2) is 5.09. The number of carbonyl (C=O) groups is 1. The minimum Gasteiger partial charge on any atom is -0.399 e. The van der Waals surface area contributed by atoms with Gasteiger partial charge in [-0.25, -0.2) is 4.79 Å². The third kappa shape index (κ3) is 3.17. The van der Waals surface area contributed by atoms with Crippen molar-refractivity contribution in [1.82, 2.24) is 9.80 Å². The number of piperazine rings is 1. The number of hydrogen-bond donors (Lipinski definition) is 2. The van der Waals surface area contributed by atoms with Crippen molar-refractivity contribution in [2.45, 2.75) is 19.4 Å². The fourth-order valence-corrected chi connectivity index (χ4v) is 2.18. The standard InChI is InChI=1S/C14H22N4O/c1-14(2)10-18(9-8-17(14)3)13(19)16-12-6-4-11(15)5-7-12/h4-7H,8-10,15H2,1-3H3,(H,16,19). The summed E-state index contributed by atoms with van der Waals surface area (Å²) in [6, 6.07) is 7.14. The lowest BCUT2D eigenvalue weighted by Crippen LogP contribution is -2.59. The molecule has 1 heterocycles. The number of carbonyl (C=O) groups excluding carboxylic acids is 1. The molecule has 104 valence electrons. The number of benzene rings is 1. The highest BCUT2D eigenvalue weighted by molar-refractivity contribution is 5.89. The molecule has 0 saturated carbocycles. The second-order valence-corrected chi connectivity index (χ2v) is 5.71. The molecule has 1 aliphatic heterocycles. The van der Waals surface area contributed by atoms with Crippen molar-refractivity contribution in [1.29, 1.82) is 0 Å². The number of anilines is 2. The summed E-state index contributed by atoms with van der Waals surface area (Å²) in [6.45, 7) is 6.67. The summed E-state index contributed by atoms with van der Waals surface area (Å²) >= 11 is 0. The largest absolute Gasteiger partial charge is 0.399 e. The maximum atomic E-state index is 12.2. The zero-order valence-corrected chi connectivity index (χ0v) is 11.8. The van der Waals surface area contributed by atoms with Gasteiger partial charge in [-0.2, -0.15) is 0 Å². The van der Waals surface area contributed by atoms with E-state index in [0.29, 0.717) is 5.69 Å². The van der Waals surface area contributed by atoms with Crippen LogP contribution in [0, 0.1) is 0 Å². The third-order valence-electron chi connectivity index (χ3n) is 3.77. The summed E-state index contributed by atoms with van der Waals surface area (Å²) in [5.74, 6) is 0. The van der Waals surface area contributed by atoms with Crippen molar-refractivity contribution in [3.63, 3.8) is 0 Å². The van der Waals surface area contributed by atoms with E-state index < -0.39 is 0 Å². The van der Waals surface area contributed by atoms with E-state index in [0.717, 1.165) is 25.3 Å². The molecule has 2 amide bonds. The van der Waals surface area contributed by atoms with Crippen LogP contribution in [0.15, 0.2) is 24.3 Å². The van der Waals surface area contributed by atoms with Crippen molar-refractivity contribution in [3.05, 3.63) is 24.3 Å². The van der Waals surface area contributed by atoms with Gasteiger partial charge in [0.1, 0.15) is 0 Å². The Morgan fingerprint density at radius 2 is 1.89 bits per heavy atom. The van der Waals surface area contributed by atoms with Crippen LogP contribution in [-0.4, -0.2) is 48.1 Å². The molecular weight excluding hydrogens is 240 g/mol. The minimum absolute atomic E-state index is 0.0106. The Morgan fingerprint density at radius 1 is 1.26 bits per heavy atom. The molecule has 0 atom stereocenters. The monoisotopic (exact) mass is 262 g/mol. The van der Waals surface area contributed by atoms with Gasteiger partial charge in [0.2, 0.25) is 0 Å². The average molecular weight is 262 g/mol. The van der Waals surface area contributed by atoms with E-state index in [1.54, 1.807) is 12.1 Å². The number of nitrogens with zero attached hydrogens (tertiary/aromatic N) is 2. The predicted molar refractivity (Wildman–Crippen MR) is 78.2 cm³/mol. The molecule has 0 radical (unpaired) electrons. The molecule has 1 aliphatic rings. The second-order valence-electron chi connectivity index (χ2n) is 5.71. The van der Waals surface area contributed by atoms with E-state index in [2.05, 4.69) is 31.1 Å². The molecule has 5 nitrogen and oxygen atoms in total. The van der Waals surface area contributed by atoms with Gasteiger partial charge in [-0.3, -0.25) is 4.90 Å². The summed E-state index contributed by atoms with van der Waals surface area (Å²) in [7, 11) is 2.09. The molecule has 2 rings (SSSR count). The van der Waals surface area contributed by atoms with Crippen molar-refractivity contribution in [2.24, 2.45) is 0 Å². The molecule has 0 aliphatic carbocycles. The van der Waals surface area contributed by atoms with E-state index in [4.69, 9.17) is 5.73 Å². The number of likely N-dealkylation sites (N-methyl/N-ethyl adjacent to an activating group) is 1. The van der Waals surface area contributed by atoms with Crippen molar-refractivity contribution < 1.29 is 4.79 Å². The zero-order valence-electron chi connectivity index (χ0n) is 11.8. The molecule has 19 heavy (non-hydrogen) atoms. The Bertz CT molecular complexity index is 455. The number of nitrogens with two attached hydrogens (primary N) is 1. The smallest absolute Gasteiger partial charge is 0.321 e. The van der Waals surface area contributed by atoms with E-state index in [1.165, 1.54) is 0 Å². The molecule has 0 bridgehead atoms. The van der Waals surface area contributed by atoms with Crippen LogP contribution in [0.5, 0.6) is 0 Å². The maximum Gasteiger partial charge on any atom is 0.321 e. The summed E-state index contributed by atoms with van der Waals surface area (Å²) in [5.41, 5.74) is 7.10. The van der Waals surface area contributed by atoms with Gasteiger partial charge in [-0.15, -0.1) is 0 Å². The average Bonchev–Trinajstić information content (AvgIpc) is 2.35. The van der Waals surface area contributed by atoms with Crippen LogP contribution < -0.4 is 11.1 Å². The molecule has 0 unspecified atom stereocenters. The molecule has 1 fully saturated rings. The zero-order chi connectivity index (χ0) is 14.0. The van der Waals surface area contributed by atoms with Crippen molar-refractivity contribution in [2.75, 3.05) is 37.7 Å².